The molecule has 1 atom stereocenters. The van der Waals surface area contributed by atoms with Crippen LogP contribution in [0.25, 0.3) is 0 Å². The van der Waals surface area contributed by atoms with E-state index in [1.165, 1.54) is 6.20 Å². The van der Waals surface area contributed by atoms with Crippen LogP contribution in [-0.2, 0) is 27.1 Å². The maximum atomic E-state index is 13.6. The second-order valence-electron chi connectivity index (χ2n) is 6.04. The Hall–Kier alpha value is -2.00. The monoisotopic (exact) mass is 371 g/mol. The fraction of sp³-hybridized carbons (Fsp3) is 0.438. The van der Waals surface area contributed by atoms with Crippen molar-refractivity contribution in [2.24, 2.45) is 0 Å². The number of sulfonamides is 1. The molecule has 1 fully saturated rings. The third kappa shape index (κ3) is 4.99. The molecule has 1 aromatic heterocycles. The number of hydrogen-bond acceptors (Lipinski definition) is 4. The normalized spacial score (nSPS) is 18.2. The van der Waals surface area contributed by atoms with Crippen LogP contribution in [0.4, 0.5) is 14.5 Å². The Morgan fingerprint density at radius 2 is 2.16 bits per heavy atom. The van der Waals surface area contributed by atoms with Gasteiger partial charge in [0, 0.05) is 18.4 Å². The topological polar surface area (TPSA) is 73.2 Å². The van der Waals surface area contributed by atoms with Gasteiger partial charge in [-0.1, -0.05) is 0 Å². The molecule has 0 amide bonds. The Morgan fingerprint density at radius 1 is 1.32 bits per heavy atom. The highest BCUT2D eigenvalue weighted by Gasteiger charge is 2.18. The van der Waals surface area contributed by atoms with E-state index < -0.39 is 27.4 Å². The van der Waals surface area contributed by atoms with Gasteiger partial charge >= 0.3 is 0 Å². The number of ether oxygens (including phenoxy) is 1. The van der Waals surface area contributed by atoms with E-state index >= 15 is 0 Å². The number of benzene rings is 1. The van der Waals surface area contributed by atoms with Crippen LogP contribution in [0, 0.1) is 11.6 Å². The summed E-state index contributed by atoms with van der Waals surface area (Å²) in [4.78, 5) is 0. The summed E-state index contributed by atoms with van der Waals surface area (Å²) >= 11 is 0. The minimum absolute atomic E-state index is 0.0690. The smallest absolute Gasteiger partial charge is 0.237 e. The fourth-order valence-corrected chi connectivity index (χ4v) is 3.92. The molecule has 0 aliphatic carbocycles. The summed E-state index contributed by atoms with van der Waals surface area (Å²) in [6.45, 7) is 1.27. The predicted molar refractivity (Wildman–Crippen MR) is 88.4 cm³/mol. The zero-order valence-corrected chi connectivity index (χ0v) is 14.3. The minimum atomic E-state index is -3.89. The van der Waals surface area contributed by atoms with E-state index in [-0.39, 0.29) is 17.4 Å². The predicted octanol–water partition coefficient (Wildman–Crippen LogP) is 2.67. The lowest BCUT2D eigenvalue weighted by Crippen LogP contribution is -2.24. The average Bonchev–Trinajstić information content (AvgIpc) is 2.97. The summed E-state index contributed by atoms with van der Waals surface area (Å²) < 4.78 is 60.7. The minimum Gasteiger partial charge on any atom is -0.376 e. The average molecular weight is 371 g/mol. The fourth-order valence-electron chi connectivity index (χ4n) is 2.75. The van der Waals surface area contributed by atoms with Crippen molar-refractivity contribution in [3.05, 3.63) is 47.8 Å². The van der Waals surface area contributed by atoms with Crippen LogP contribution in [0.1, 0.15) is 24.8 Å². The number of nitrogens with zero attached hydrogens (tertiary/aromatic N) is 2. The molecule has 6 nitrogen and oxygen atoms in total. The van der Waals surface area contributed by atoms with Crippen LogP contribution >= 0.6 is 0 Å². The van der Waals surface area contributed by atoms with Gasteiger partial charge in [0.1, 0.15) is 11.6 Å². The third-order valence-corrected chi connectivity index (χ3v) is 5.16. The second-order valence-corrected chi connectivity index (χ2v) is 7.76. The number of nitrogens with one attached hydrogen (secondary N) is 1. The lowest BCUT2D eigenvalue weighted by atomic mass is 10.1. The molecule has 1 N–H and O–H groups in total. The number of aromatic nitrogens is 2. The number of anilines is 1. The third-order valence-electron chi connectivity index (χ3n) is 3.92. The Balaban J connectivity index is 1.63. The molecule has 2 heterocycles. The molecule has 1 aliphatic heterocycles. The molecule has 9 heteroatoms. The molecule has 0 spiro atoms. The molecule has 1 aromatic carbocycles. The Morgan fingerprint density at radius 3 is 2.92 bits per heavy atom. The van der Waals surface area contributed by atoms with Gasteiger partial charge in [-0.05, 0) is 37.5 Å². The molecule has 0 radical (unpaired) electrons. The van der Waals surface area contributed by atoms with Gasteiger partial charge in [0.25, 0.3) is 0 Å². The van der Waals surface area contributed by atoms with E-state index in [0.29, 0.717) is 6.54 Å². The molecule has 3 rings (SSSR count). The van der Waals surface area contributed by atoms with Gasteiger partial charge < -0.3 is 4.74 Å². The zero-order valence-electron chi connectivity index (χ0n) is 13.5. The van der Waals surface area contributed by atoms with E-state index in [1.54, 1.807) is 10.9 Å². The van der Waals surface area contributed by atoms with Crippen molar-refractivity contribution in [2.45, 2.75) is 37.7 Å². The highest BCUT2D eigenvalue weighted by molar-refractivity contribution is 7.91. The highest BCUT2D eigenvalue weighted by Crippen LogP contribution is 2.18. The first kappa shape index (κ1) is 17.8. The molecule has 0 saturated carbocycles. The van der Waals surface area contributed by atoms with Gasteiger partial charge in [-0.3, -0.25) is 9.40 Å². The van der Waals surface area contributed by atoms with Gasteiger partial charge in [0.05, 0.1) is 30.3 Å². The molecule has 25 heavy (non-hydrogen) atoms. The summed E-state index contributed by atoms with van der Waals surface area (Å²) in [5.41, 5.74) is 0.0446. The Bertz CT molecular complexity index is 833. The van der Waals surface area contributed by atoms with Gasteiger partial charge in [-0.15, -0.1) is 0 Å². The van der Waals surface area contributed by atoms with Gasteiger partial charge in [-0.25, -0.2) is 17.2 Å². The van der Waals surface area contributed by atoms with Crippen molar-refractivity contribution >= 4 is 15.7 Å². The van der Waals surface area contributed by atoms with E-state index in [1.807, 2.05) is 0 Å². The Labute approximate surface area is 144 Å². The molecule has 2 aromatic rings. The lowest BCUT2D eigenvalue weighted by molar-refractivity contribution is 0.00401. The Kier molecular flexibility index (Phi) is 5.33. The summed E-state index contributed by atoms with van der Waals surface area (Å²) in [5.74, 6) is -2.11. The standard InChI is InChI=1S/C16H19F2N3O3S/c17-13-4-5-16(18)12(7-13)11-25(22,23)20-14-8-19-21(9-14)10-15-3-1-2-6-24-15/h4-5,7-9,15,20H,1-3,6,10-11H2/t15-/m0/s1. The maximum absolute atomic E-state index is 13.6. The molecular formula is C16H19F2N3O3S. The van der Waals surface area contributed by atoms with Gasteiger partial charge in [0.15, 0.2) is 0 Å². The molecule has 136 valence electrons. The van der Waals surface area contributed by atoms with Crippen LogP contribution in [-0.4, -0.2) is 30.9 Å². The van der Waals surface area contributed by atoms with E-state index in [2.05, 4.69) is 9.82 Å². The first-order valence-corrected chi connectivity index (χ1v) is 9.65. The quantitative estimate of drug-likeness (QED) is 0.847. The number of rotatable bonds is 6. The number of halogens is 2. The first-order valence-electron chi connectivity index (χ1n) is 8.00. The highest BCUT2D eigenvalue weighted by atomic mass is 32.2. The van der Waals surface area contributed by atoms with E-state index in [4.69, 9.17) is 4.74 Å². The van der Waals surface area contributed by atoms with Crippen molar-refractivity contribution in [1.82, 2.24) is 9.78 Å². The summed E-state index contributed by atoms with van der Waals surface area (Å²) in [5, 5.41) is 4.11. The number of hydrogen-bond donors (Lipinski definition) is 1. The van der Waals surface area contributed by atoms with Crippen LogP contribution in [0.2, 0.25) is 0 Å². The molecular weight excluding hydrogens is 352 g/mol. The van der Waals surface area contributed by atoms with Crippen molar-refractivity contribution < 1.29 is 21.9 Å². The van der Waals surface area contributed by atoms with Crippen molar-refractivity contribution in [3.63, 3.8) is 0 Å². The SMILES string of the molecule is O=S(=O)(Cc1cc(F)ccc1F)Nc1cnn(C[C@@H]2CCCCO2)c1. The van der Waals surface area contributed by atoms with Crippen LogP contribution in [0.5, 0.6) is 0 Å². The lowest BCUT2D eigenvalue weighted by Gasteiger charge is -2.22. The van der Waals surface area contributed by atoms with Crippen LogP contribution in [0.15, 0.2) is 30.6 Å². The van der Waals surface area contributed by atoms with Gasteiger partial charge in [0.2, 0.25) is 10.0 Å². The first-order chi connectivity index (χ1) is 11.9. The van der Waals surface area contributed by atoms with E-state index in [0.717, 1.165) is 44.1 Å². The molecule has 0 unspecified atom stereocenters. The summed E-state index contributed by atoms with van der Waals surface area (Å²) in [6.07, 6.45) is 6.10. The molecule has 1 saturated heterocycles. The second kappa shape index (κ2) is 7.49. The maximum Gasteiger partial charge on any atom is 0.237 e. The zero-order chi connectivity index (χ0) is 17.9. The summed E-state index contributed by atoms with van der Waals surface area (Å²) in [6, 6.07) is 2.72. The molecule has 0 bridgehead atoms. The molecule has 1 aliphatic rings. The van der Waals surface area contributed by atoms with Crippen molar-refractivity contribution in [3.8, 4) is 0 Å². The van der Waals surface area contributed by atoms with Crippen molar-refractivity contribution in [1.29, 1.82) is 0 Å². The largest absolute Gasteiger partial charge is 0.376 e. The van der Waals surface area contributed by atoms with Gasteiger partial charge in [-0.2, -0.15) is 5.10 Å². The van der Waals surface area contributed by atoms with E-state index in [9.17, 15) is 17.2 Å². The van der Waals surface area contributed by atoms with Crippen molar-refractivity contribution in [2.75, 3.05) is 11.3 Å². The van der Waals surface area contributed by atoms with Crippen LogP contribution < -0.4 is 4.72 Å². The van der Waals surface area contributed by atoms with Crippen LogP contribution in [0.3, 0.4) is 0 Å². The summed E-state index contributed by atoms with van der Waals surface area (Å²) in [7, 11) is -3.89.